The monoisotopic (exact) mass is 484 g/mol. The van der Waals surface area contributed by atoms with E-state index in [1.54, 1.807) is 12.3 Å². The van der Waals surface area contributed by atoms with Crippen molar-refractivity contribution in [3.63, 3.8) is 0 Å². The standard InChI is InChI=1S/C27H21ClN4OS/c1-17-11-12-22-20(13-17)14-21(25(28)30-22)16-29-32-26(18-7-3-2-4-8-18)31-23(27(32)33)15-19-9-5-6-10-24(19)34/h2-16,26,31,34H,1H3/b23-15-,29-16+. The zero-order valence-corrected chi connectivity index (χ0v) is 20.0. The first-order valence-electron chi connectivity index (χ1n) is 10.8. The molecular weight excluding hydrogens is 464 g/mol. The van der Waals surface area contributed by atoms with E-state index in [0.29, 0.717) is 16.4 Å². The summed E-state index contributed by atoms with van der Waals surface area (Å²) in [5.74, 6) is -0.248. The van der Waals surface area contributed by atoms with E-state index in [1.807, 2.05) is 85.8 Å². The fourth-order valence-corrected chi connectivity index (χ4v) is 4.28. The molecule has 1 atom stereocenters. The van der Waals surface area contributed by atoms with E-state index in [9.17, 15) is 4.79 Å². The summed E-state index contributed by atoms with van der Waals surface area (Å²) in [6.45, 7) is 2.03. The molecule has 3 aromatic carbocycles. The molecule has 1 aliphatic rings. The Labute approximate surface area is 208 Å². The van der Waals surface area contributed by atoms with Gasteiger partial charge in [0.25, 0.3) is 5.91 Å². The number of hydrazone groups is 1. The van der Waals surface area contributed by atoms with Crippen molar-refractivity contribution in [2.75, 3.05) is 0 Å². The molecule has 1 aromatic heterocycles. The SMILES string of the molecule is Cc1ccc2nc(Cl)c(/C=N/N3C(=O)/C(=C/c4ccccc4S)NC3c3ccccc3)cc2c1. The molecule has 0 saturated carbocycles. The molecule has 7 heteroatoms. The van der Waals surface area contributed by atoms with Crippen LogP contribution in [0.4, 0.5) is 0 Å². The van der Waals surface area contributed by atoms with E-state index >= 15 is 0 Å². The Hall–Kier alpha value is -3.61. The molecule has 1 saturated heterocycles. The van der Waals surface area contributed by atoms with Crippen LogP contribution in [0.1, 0.15) is 28.4 Å². The zero-order chi connectivity index (χ0) is 23.7. The number of hydrogen-bond acceptors (Lipinski definition) is 5. The van der Waals surface area contributed by atoms with Crippen LogP contribution >= 0.6 is 24.2 Å². The first-order valence-corrected chi connectivity index (χ1v) is 11.6. The second kappa shape index (κ2) is 9.33. The Morgan fingerprint density at radius 3 is 2.59 bits per heavy atom. The molecule has 0 bridgehead atoms. The first kappa shape index (κ1) is 22.2. The third-order valence-electron chi connectivity index (χ3n) is 5.60. The highest BCUT2D eigenvalue weighted by Crippen LogP contribution is 2.30. The largest absolute Gasteiger partial charge is 0.355 e. The van der Waals surface area contributed by atoms with Crippen LogP contribution in [-0.2, 0) is 4.79 Å². The number of halogens is 1. The molecule has 1 fully saturated rings. The van der Waals surface area contributed by atoms with E-state index in [0.717, 1.165) is 32.5 Å². The van der Waals surface area contributed by atoms with Gasteiger partial charge in [-0.15, -0.1) is 12.6 Å². The summed E-state index contributed by atoms with van der Waals surface area (Å²) < 4.78 is 0. The van der Waals surface area contributed by atoms with Gasteiger partial charge in [0.05, 0.1) is 11.7 Å². The van der Waals surface area contributed by atoms with E-state index in [2.05, 4.69) is 28.0 Å². The lowest BCUT2D eigenvalue weighted by Crippen LogP contribution is -2.25. The molecule has 168 valence electrons. The van der Waals surface area contributed by atoms with Crippen LogP contribution in [0.2, 0.25) is 5.15 Å². The van der Waals surface area contributed by atoms with Crippen molar-refractivity contribution in [3.8, 4) is 0 Å². The number of carbonyl (C=O) groups excluding carboxylic acids is 1. The Kier molecular flexibility index (Phi) is 6.09. The number of nitrogens with one attached hydrogen (secondary N) is 1. The molecule has 5 nitrogen and oxygen atoms in total. The molecule has 0 radical (unpaired) electrons. The highest BCUT2D eigenvalue weighted by atomic mass is 35.5. The summed E-state index contributed by atoms with van der Waals surface area (Å²) in [5.41, 5.74) is 4.76. The van der Waals surface area contributed by atoms with Crippen LogP contribution < -0.4 is 5.32 Å². The number of nitrogens with zero attached hydrogens (tertiary/aromatic N) is 3. The van der Waals surface area contributed by atoms with E-state index in [4.69, 9.17) is 11.6 Å². The summed E-state index contributed by atoms with van der Waals surface area (Å²) in [7, 11) is 0. The number of carbonyl (C=O) groups is 1. The Morgan fingerprint density at radius 2 is 1.79 bits per heavy atom. The average Bonchev–Trinajstić information content (AvgIpc) is 3.15. The molecular formula is C27H21ClN4OS. The van der Waals surface area contributed by atoms with Gasteiger partial charge in [-0.25, -0.2) is 9.99 Å². The number of pyridine rings is 1. The summed E-state index contributed by atoms with van der Waals surface area (Å²) >= 11 is 10.9. The van der Waals surface area contributed by atoms with Gasteiger partial charge in [-0.1, -0.05) is 71.8 Å². The Balaban J connectivity index is 1.53. The summed E-state index contributed by atoms with van der Waals surface area (Å²) in [6.07, 6.45) is 2.92. The molecule has 0 spiro atoms. The lowest BCUT2D eigenvalue weighted by atomic mass is 10.1. The molecule has 1 aliphatic heterocycles. The zero-order valence-electron chi connectivity index (χ0n) is 18.3. The van der Waals surface area contributed by atoms with E-state index in [1.165, 1.54) is 5.01 Å². The molecule has 4 aromatic rings. The van der Waals surface area contributed by atoms with Gasteiger partial charge in [0.2, 0.25) is 0 Å². The molecule has 1 unspecified atom stereocenters. The predicted octanol–water partition coefficient (Wildman–Crippen LogP) is 5.99. The summed E-state index contributed by atoms with van der Waals surface area (Å²) in [4.78, 5) is 18.6. The van der Waals surface area contributed by atoms with Gasteiger partial charge >= 0.3 is 0 Å². The Morgan fingerprint density at radius 1 is 1.03 bits per heavy atom. The summed E-state index contributed by atoms with van der Waals surface area (Å²) in [5, 5.41) is 10.6. The smallest absolute Gasteiger partial charge is 0.292 e. The van der Waals surface area contributed by atoms with Gasteiger partial charge < -0.3 is 5.32 Å². The van der Waals surface area contributed by atoms with Crippen molar-refractivity contribution < 1.29 is 4.79 Å². The fraction of sp³-hybridized carbons (Fsp3) is 0.0741. The molecule has 1 amide bonds. The van der Waals surface area contributed by atoms with Crippen molar-refractivity contribution in [2.45, 2.75) is 18.0 Å². The van der Waals surface area contributed by atoms with Crippen LogP contribution in [0, 0.1) is 6.92 Å². The van der Waals surface area contributed by atoms with Crippen LogP contribution in [-0.4, -0.2) is 22.1 Å². The Bertz CT molecular complexity index is 1450. The van der Waals surface area contributed by atoms with Crippen LogP contribution in [0.25, 0.3) is 17.0 Å². The second-order valence-corrected chi connectivity index (χ2v) is 8.87. The van der Waals surface area contributed by atoms with Gasteiger partial charge in [-0.3, -0.25) is 4.79 Å². The number of aryl methyl sites for hydroxylation is 1. The predicted molar refractivity (Wildman–Crippen MR) is 140 cm³/mol. The maximum atomic E-state index is 13.4. The number of hydrogen-bond donors (Lipinski definition) is 2. The topological polar surface area (TPSA) is 57.6 Å². The maximum absolute atomic E-state index is 13.4. The molecule has 5 rings (SSSR count). The second-order valence-electron chi connectivity index (χ2n) is 8.03. The fourth-order valence-electron chi connectivity index (χ4n) is 3.86. The third-order valence-corrected chi connectivity index (χ3v) is 6.31. The molecule has 1 N–H and O–H groups in total. The van der Waals surface area contributed by atoms with Crippen molar-refractivity contribution in [2.24, 2.45) is 5.10 Å². The van der Waals surface area contributed by atoms with Gasteiger partial charge in [0.15, 0.2) is 6.17 Å². The van der Waals surface area contributed by atoms with Crippen molar-refractivity contribution >= 4 is 53.3 Å². The number of thiol groups is 1. The van der Waals surface area contributed by atoms with Crippen molar-refractivity contribution in [3.05, 3.63) is 112 Å². The number of fused-ring (bicyclic) bond motifs is 1. The van der Waals surface area contributed by atoms with Crippen LogP contribution in [0.3, 0.4) is 0 Å². The van der Waals surface area contributed by atoms with E-state index in [-0.39, 0.29) is 5.91 Å². The van der Waals surface area contributed by atoms with Crippen LogP contribution in [0.5, 0.6) is 0 Å². The minimum Gasteiger partial charge on any atom is -0.355 e. The normalized spacial score (nSPS) is 17.1. The number of amides is 1. The maximum Gasteiger partial charge on any atom is 0.292 e. The number of aromatic nitrogens is 1. The number of rotatable bonds is 4. The van der Waals surface area contributed by atoms with Crippen molar-refractivity contribution in [1.29, 1.82) is 0 Å². The minimum absolute atomic E-state index is 0.248. The van der Waals surface area contributed by atoms with Gasteiger partial charge in [-0.2, -0.15) is 5.10 Å². The molecule has 34 heavy (non-hydrogen) atoms. The van der Waals surface area contributed by atoms with Gasteiger partial charge in [0, 0.05) is 15.8 Å². The lowest BCUT2D eigenvalue weighted by Gasteiger charge is -2.19. The van der Waals surface area contributed by atoms with Crippen LogP contribution in [0.15, 0.2) is 94.6 Å². The highest BCUT2D eigenvalue weighted by molar-refractivity contribution is 7.80. The van der Waals surface area contributed by atoms with Gasteiger partial charge in [0.1, 0.15) is 10.9 Å². The number of benzene rings is 3. The van der Waals surface area contributed by atoms with E-state index < -0.39 is 6.17 Å². The average molecular weight is 485 g/mol. The quantitative estimate of drug-likeness (QED) is 0.162. The summed E-state index contributed by atoms with van der Waals surface area (Å²) in [6, 6.07) is 25.2. The highest BCUT2D eigenvalue weighted by Gasteiger charge is 2.36. The third kappa shape index (κ3) is 4.42. The van der Waals surface area contributed by atoms with Crippen molar-refractivity contribution in [1.82, 2.24) is 15.3 Å². The lowest BCUT2D eigenvalue weighted by molar-refractivity contribution is -0.126. The minimum atomic E-state index is -0.460. The van der Waals surface area contributed by atoms with Gasteiger partial charge in [-0.05, 0) is 48.4 Å². The molecule has 0 aliphatic carbocycles. The first-order chi connectivity index (χ1) is 16.5. The molecule has 2 heterocycles.